The molecular weight excluding hydrogens is 304 g/mol. The summed E-state index contributed by atoms with van der Waals surface area (Å²) in [7, 11) is 0. The molecule has 0 aliphatic rings. The zero-order chi connectivity index (χ0) is 13.5. The summed E-state index contributed by atoms with van der Waals surface area (Å²) in [5.41, 5.74) is -0.247. The number of rotatable bonds is 6. The Bertz CT molecular complexity index is 412. The predicted octanol–water partition coefficient (Wildman–Crippen LogP) is 3.51. The number of nitrogens with one attached hydrogen (secondary N) is 1. The van der Waals surface area contributed by atoms with Crippen LogP contribution in [-0.4, -0.2) is 17.8 Å². The number of alkyl halides is 1. The lowest BCUT2D eigenvalue weighted by atomic mass is 10.1. The van der Waals surface area contributed by atoms with Crippen molar-refractivity contribution in [1.29, 1.82) is 0 Å². The summed E-state index contributed by atoms with van der Waals surface area (Å²) in [5.74, 6) is -1.36. The highest BCUT2D eigenvalue weighted by Gasteiger charge is 2.12. The summed E-state index contributed by atoms with van der Waals surface area (Å²) in [6, 6.07) is 2.85. The molecule has 1 rings (SSSR count). The van der Waals surface area contributed by atoms with Crippen LogP contribution in [0.3, 0.4) is 0 Å². The van der Waals surface area contributed by atoms with Crippen LogP contribution >= 0.6 is 15.9 Å². The molecular formula is C13H16BrF2NO. The summed E-state index contributed by atoms with van der Waals surface area (Å²) < 4.78 is 26.2. The lowest BCUT2D eigenvalue weighted by Gasteiger charge is -2.08. The first-order valence-electron chi connectivity index (χ1n) is 5.83. The molecule has 1 N–H and O–H groups in total. The van der Waals surface area contributed by atoms with Crippen molar-refractivity contribution in [3.05, 3.63) is 35.4 Å². The fourth-order valence-corrected chi connectivity index (χ4v) is 1.82. The fraction of sp³-hybridized carbons (Fsp3) is 0.462. The molecule has 0 fully saturated rings. The van der Waals surface area contributed by atoms with Crippen molar-refractivity contribution < 1.29 is 13.6 Å². The minimum atomic E-state index is -0.706. The number of carbonyl (C=O) groups is 1. The second kappa shape index (κ2) is 7.46. The van der Waals surface area contributed by atoms with E-state index < -0.39 is 17.5 Å². The quantitative estimate of drug-likeness (QED) is 0.631. The molecule has 1 aromatic rings. The van der Waals surface area contributed by atoms with Crippen molar-refractivity contribution >= 4 is 21.8 Å². The molecule has 100 valence electrons. The number of halogens is 3. The molecule has 1 amide bonds. The van der Waals surface area contributed by atoms with Crippen LogP contribution in [0.1, 0.15) is 30.1 Å². The molecule has 0 aliphatic heterocycles. The van der Waals surface area contributed by atoms with Gasteiger partial charge >= 0.3 is 0 Å². The lowest BCUT2D eigenvalue weighted by Crippen LogP contribution is -2.25. The minimum Gasteiger partial charge on any atom is -0.352 e. The molecule has 0 spiro atoms. The van der Waals surface area contributed by atoms with E-state index in [1.165, 1.54) is 0 Å². The SMILES string of the molecule is CC(CBr)CCCNC(=O)c1cc(F)ccc1F. The van der Waals surface area contributed by atoms with Gasteiger partial charge in [-0.25, -0.2) is 8.78 Å². The van der Waals surface area contributed by atoms with Crippen molar-refractivity contribution in [3.63, 3.8) is 0 Å². The molecule has 0 bridgehead atoms. The standard InChI is InChI=1S/C13H16BrF2NO/c1-9(8-14)3-2-6-17-13(18)11-7-10(15)4-5-12(11)16/h4-5,7,9H,2-3,6,8H2,1H3,(H,17,18). The van der Waals surface area contributed by atoms with E-state index in [0.29, 0.717) is 12.5 Å². The normalized spacial score (nSPS) is 12.2. The maximum absolute atomic E-state index is 13.3. The van der Waals surface area contributed by atoms with Crippen LogP contribution in [0, 0.1) is 17.6 Å². The molecule has 18 heavy (non-hydrogen) atoms. The monoisotopic (exact) mass is 319 g/mol. The van der Waals surface area contributed by atoms with Gasteiger partial charge in [-0.2, -0.15) is 0 Å². The smallest absolute Gasteiger partial charge is 0.254 e. The third kappa shape index (κ3) is 4.72. The van der Waals surface area contributed by atoms with Gasteiger partial charge in [-0.15, -0.1) is 0 Å². The van der Waals surface area contributed by atoms with Crippen LogP contribution in [0.5, 0.6) is 0 Å². The number of benzene rings is 1. The van der Waals surface area contributed by atoms with Crippen LogP contribution < -0.4 is 5.32 Å². The number of amides is 1. The van der Waals surface area contributed by atoms with Gasteiger partial charge in [-0.3, -0.25) is 4.79 Å². The Hall–Kier alpha value is -0.970. The van der Waals surface area contributed by atoms with E-state index in [-0.39, 0.29) is 5.56 Å². The van der Waals surface area contributed by atoms with E-state index in [2.05, 4.69) is 28.2 Å². The molecule has 0 saturated carbocycles. The molecule has 1 unspecified atom stereocenters. The van der Waals surface area contributed by atoms with Crippen molar-refractivity contribution in [3.8, 4) is 0 Å². The molecule has 0 saturated heterocycles. The van der Waals surface area contributed by atoms with Gasteiger partial charge in [0, 0.05) is 11.9 Å². The molecule has 0 aromatic heterocycles. The molecule has 1 atom stereocenters. The summed E-state index contributed by atoms with van der Waals surface area (Å²) in [5, 5.41) is 3.50. The summed E-state index contributed by atoms with van der Waals surface area (Å²) in [4.78, 5) is 11.6. The summed E-state index contributed by atoms with van der Waals surface area (Å²) in [6.45, 7) is 2.56. The number of hydrogen-bond donors (Lipinski definition) is 1. The number of carbonyl (C=O) groups excluding carboxylic acids is 1. The van der Waals surface area contributed by atoms with E-state index in [9.17, 15) is 13.6 Å². The molecule has 5 heteroatoms. The Morgan fingerprint density at radius 1 is 1.44 bits per heavy atom. The van der Waals surface area contributed by atoms with Crippen molar-refractivity contribution in [1.82, 2.24) is 5.32 Å². The van der Waals surface area contributed by atoms with Gasteiger partial charge in [0.05, 0.1) is 5.56 Å². The fourth-order valence-electron chi connectivity index (χ4n) is 1.50. The second-order valence-corrected chi connectivity index (χ2v) is 4.93. The molecule has 1 aromatic carbocycles. The highest BCUT2D eigenvalue weighted by Crippen LogP contribution is 2.10. The van der Waals surface area contributed by atoms with Gasteiger partial charge in [-0.1, -0.05) is 22.9 Å². The highest BCUT2D eigenvalue weighted by atomic mass is 79.9. The Kier molecular flexibility index (Phi) is 6.25. The summed E-state index contributed by atoms with van der Waals surface area (Å²) in [6.07, 6.45) is 1.78. The van der Waals surface area contributed by atoms with Gasteiger partial charge in [0.15, 0.2) is 0 Å². The average molecular weight is 320 g/mol. The topological polar surface area (TPSA) is 29.1 Å². The molecule has 0 radical (unpaired) electrons. The van der Waals surface area contributed by atoms with Gasteiger partial charge in [0.1, 0.15) is 11.6 Å². The third-order valence-electron chi connectivity index (χ3n) is 2.60. The van der Waals surface area contributed by atoms with E-state index in [0.717, 1.165) is 36.4 Å². The van der Waals surface area contributed by atoms with Gasteiger partial charge < -0.3 is 5.32 Å². The minimum absolute atomic E-state index is 0.247. The first-order chi connectivity index (χ1) is 8.54. The van der Waals surface area contributed by atoms with Crippen molar-refractivity contribution in [2.45, 2.75) is 19.8 Å². The molecule has 2 nitrogen and oxygen atoms in total. The van der Waals surface area contributed by atoms with Crippen molar-refractivity contribution in [2.75, 3.05) is 11.9 Å². The first kappa shape index (κ1) is 15.1. The third-order valence-corrected chi connectivity index (χ3v) is 3.70. The second-order valence-electron chi connectivity index (χ2n) is 4.28. The zero-order valence-electron chi connectivity index (χ0n) is 10.2. The van der Waals surface area contributed by atoms with E-state index in [1.807, 2.05) is 0 Å². The van der Waals surface area contributed by atoms with Crippen LogP contribution in [0.2, 0.25) is 0 Å². The van der Waals surface area contributed by atoms with Gasteiger partial charge in [0.25, 0.3) is 5.91 Å². The van der Waals surface area contributed by atoms with Crippen LogP contribution in [0.25, 0.3) is 0 Å². The van der Waals surface area contributed by atoms with E-state index >= 15 is 0 Å². The maximum atomic E-state index is 13.3. The van der Waals surface area contributed by atoms with Gasteiger partial charge in [0.2, 0.25) is 0 Å². The number of hydrogen-bond acceptors (Lipinski definition) is 1. The Balaban J connectivity index is 2.43. The van der Waals surface area contributed by atoms with Gasteiger partial charge in [-0.05, 0) is 37.0 Å². The maximum Gasteiger partial charge on any atom is 0.254 e. The summed E-state index contributed by atoms with van der Waals surface area (Å²) >= 11 is 3.37. The lowest BCUT2D eigenvalue weighted by molar-refractivity contribution is 0.0948. The highest BCUT2D eigenvalue weighted by molar-refractivity contribution is 9.09. The Labute approximate surface area is 114 Å². The first-order valence-corrected chi connectivity index (χ1v) is 6.96. The van der Waals surface area contributed by atoms with Crippen LogP contribution in [0.15, 0.2) is 18.2 Å². The van der Waals surface area contributed by atoms with Crippen molar-refractivity contribution in [2.24, 2.45) is 5.92 Å². The Morgan fingerprint density at radius 3 is 2.83 bits per heavy atom. The predicted molar refractivity (Wildman–Crippen MR) is 70.9 cm³/mol. The van der Waals surface area contributed by atoms with Crippen LogP contribution in [-0.2, 0) is 0 Å². The largest absolute Gasteiger partial charge is 0.352 e. The van der Waals surface area contributed by atoms with E-state index in [1.54, 1.807) is 0 Å². The zero-order valence-corrected chi connectivity index (χ0v) is 11.8. The molecule has 0 aliphatic carbocycles. The average Bonchev–Trinajstić information content (AvgIpc) is 2.36. The Morgan fingerprint density at radius 2 is 2.17 bits per heavy atom. The molecule has 0 heterocycles. The van der Waals surface area contributed by atoms with E-state index in [4.69, 9.17) is 0 Å². The van der Waals surface area contributed by atoms with Crippen LogP contribution in [0.4, 0.5) is 8.78 Å².